The lowest BCUT2D eigenvalue weighted by molar-refractivity contribution is 0.547. The normalized spacial score (nSPS) is 13.0. The minimum atomic E-state index is 0.655. The molecule has 0 fully saturated rings. The van der Waals surface area contributed by atoms with Crippen molar-refractivity contribution in [3.05, 3.63) is 157 Å². The maximum absolute atomic E-state index is 6.18. The molecule has 0 bridgehead atoms. The van der Waals surface area contributed by atoms with Gasteiger partial charge in [-0.25, -0.2) is 15.0 Å². The molecule has 0 radical (unpaired) electrons. The lowest BCUT2D eigenvalue weighted by Gasteiger charge is -2.14. The first kappa shape index (κ1) is 26.8. The highest BCUT2D eigenvalue weighted by Gasteiger charge is 2.22. The maximum Gasteiger partial charge on any atom is 0.164 e. The zero-order valence-corrected chi connectivity index (χ0v) is 26.0. The van der Waals surface area contributed by atoms with E-state index in [1.807, 2.05) is 30.3 Å². The molecule has 226 valence electrons. The van der Waals surface area contributed by atoms with Crippen molar-refractivity contribution in [1.29, 1.82) is 0 Å². The fourth-order valence-corrected chi connectivity index (χ4v) is 7.19. The van der Waals surface area contributed by atoms with Gasteiger partial charge in [-0.1, -0.05) is 91.0 Å². The van der Waals surface area contributed by atoms with E-state index in [-0.39, 0.29) is 0 Å². The van der Waals surface area contributed by atoms with Crippen LogP contribution in [-0.4, -0.2) is 19.5 Å². The Balaban J connectivity index is 1.11. The predicted octanol–water partition coefficient (Wildman–Crippen LogP) is 10.7. The van der Waals surface area contributed by atoms with Gasteiger partial charge in [-0.15, -0.1) is 0 Å². The SMILES string of the molecule is C1=C(c2nc(-c3ccccc3)nc(-c3ccc(-n4c5ccccc5c5cc6ccccc6cc54)cc3)n2)CCc2oc3ccccc3c21. The zero-order valence-electron chi connectivity index (χ0n) is 26.0. The molecule has 5 heteroatoms. The quantitative estimate of drug-likeness (QED) is 0.197. The Morgan fingerprint density at radius 3 is 1.96 bits per heavy atom. The number of hydrogen-bond acceptors (Lipinski definition) is 4. The number of fused-ring (bicyclic) bond motifs is 7. The van der Waals surface area contributed by atoms with Gasteiger partial charge in [0, 0.05) is 45.0 Å². The van der Waals surface area contributed by atoms with Gasteiger partial charge in [-0.05, 0) is 77.4 Å². The third-order valence-corrected chi connectivity index (χ3v) is 9.53. The first-order valence-corrected chi connectivity index (χ1v) is 16.3. The molecule has 0 atom stereocenters. The minimum Gasteiger partial charge on any atom is -0.460 e. The van der Waals surface area contributed by atoms with E-state index in [2.05, 4.69) is 120 Å². The summed E-state index contributed by atoms with van der Waals surface area (Å²) in [5.74, 6) is 3.04. The lowest BCUT2D eigenvalue weighted by atomic mass is 9.95. The molecule has 0 aliphatic heterocycles. The Labute approximate surface area is 276 Å². The first-order chi connectivity index (χ1) is 23.8. The average Bonchev–Trinajstić information content (AvgIpc) is 3.69. The van der Waals surface area contributed by atoms with Crippen molar-refractivity contribution in [2.24, 2.45) is 0 Å². The van der Waals surface area contributed by atoms with Crippen LogP contribution in [0.2, 0.25) is 0 Å². The van der Waals surface area contributed by atoms with Gasteiger partial charge in [0.05, 0.1) is 11.0 Å². The van der Waals surface area contributed by atoms with Crippen LogP contribution in [-0.2, 0) is 6.42 Å². The van der Waals surface area contributed by atoms with Crippen LogP contribution >= 0.6 is 0 Å². The maximum atomic E-state index is 6.18. The zero-order chi connectivity index (χ0) is 31.6. The van der Waals surface area contributed by atoms with Gasteiger partial charge >= 0.3 is 0 Å². The highest BCUT2D eigenvalue weighted by atomic mass is 16.3. The van der Waals surface area contributed by atoms with E-state index in [0.29, 0.717) is 17.5 Å². The van der Waals surface area contributed by atoms with Crippen LogP contribution in [0.5, 0.6) is 0 Å². The highest BCUT2D eigenvalue weighted by molar-refractivity contribution is 6.13. The van der Waals surface area contributed by atoms with E-state index in [1.165, 1.54) is 32.6 Å². The van der Waals surface area contributed by atoms with Gasteiger partial charge in [0.25, 0.3) is 0 Å². The molecule has 3 heterocycles. The molecule has 10 rings (SSSR count). The third kappa shape index (κ3) is 4.28. The smallest absolute Gasteiger partial charge is 0.164 e. The molecule has 0 saturated heterocycles. The Morgan fingerprint density at radius 1 is 0.500 bits per heavy atom. The van der Waals surface area contributed by atoms with Gasteiger partial charge in [-0.2, -0.15) is 0 Å². The molecule has 0 saturated carbocycles. The molecule has 48 heavy (non-hydrogen) atoms. The average molecular weight is 617 g/mol. The second-order valence-electron chi connectivity index (χ2n) is 12.4. The number of furan rings is 1. The molecule has 5 nitrogen and oxygen atoms in total. The molecule has 1 aliphatic rings. The predicted molar refractivity (Wildman–Crippen MR) is 195 cm³/mol. The number of para-hydroxylation sites is 2. The van der Waals surface area contributed by atoms with Crippen molar-refractivity contribution < 1.29 is 4.42 Å². The fraction of sp³-hybridized carbons (Fsp3) is 0.0465. The van der Waals surface area contributed by atoms with E-state index in [9.17, 15) is 0 Å². The van der Waals surface area contributed by atoms with E-state index < -0.39 is 0 Å². The van der Waals surface area contributed by atoms with E-state index >= 15 is 0 Å². The van der Waals surface area contributed by atoms with E-state index in [0.717, 1.165) is 57.5 Å². The molecule has 9 aromatic rings. The largest absolute Gasteiger partial charge is 0.460 e. The minimum absolute atomic E-state index is 0.655. The number of hydrogen-bond donors (Lipinski definition) is 0. The summed E-state index contributed by atoms with van der Waals surface area (Å²) in [4.78, 5) is 15.1. The third-order valence-electron chi connectivity index (χ3n) is 9.53. The number of rotatable bonds is 4. The summed E-state index contributed by atoms with van der Waals surface area (Å²) in [5.41, 5.74) is 8.48. The van der Waals surface area contributed by atoms with Crippen LogP contribution in [0.15, 0.2) is 144 Å². The standard InChI is InChI=1S/C43H28N4O/c1-2-10-27(11-3-1)41-44-42(46-43(45-41)31-20-23-40-36(25-31)34-15-7-9-17-39(34)48-40)28-18-21-32(22-19-28)47-37-16-8-6-14-33(37)35-24-29-12-4-5-13-30(29)26-38(35)47/h1-19,21-22,24-26H,20,23H2. The highest BCUT2D eigenvalue weighted by Crippen LogP contribution is 2.38. The molecule has 0 amide bonds. The number of nitrogens with zero attached hydrogens (tertiary/aromatic N) is 4. The molecular weight excluding hydrogens is 589 g/mol. The van der Waals surface area contributed by atoms with Crippen LogP contribution < -0.4 is 0 Å². The summed E-state index contributed by atoms with van der Waals surface area (Å²) in [7, 11) is 0. The Bertz CT molecular complexity index is 2720. The Hall–Kier alpha value is -6.33. The molecule has 0 spiro atoms. The summed E-state index contributed by atoms with van der Waals surface area (Å²) < 4.78 is 8.53. The number of aromatic nitrogens is 4. The Morgan fingerprint density at radius 2 is 1.15 bits per heavy atom. The number of benzene rings is 6. The monoisotopic (exact) mass is 616 g/mol. The molecule has 3 aromatic heterocycles. The summed E-state index contributed by atoms with van der Waals surface area (Å²) in [5, 5.41) is 6.08. The second kappa shape index (κ2) is 10.6. The van der Waals surface area contributed by atoms with Gasteiger partial charge in [0.15, 0.2) is 17.5 Å². The lowest BCUT2D eigenvalue weighted by Crippen LogP contribution is -2.05. The van der Waals surface area contributed by atoms with Crippen molar-refractivity contribution >= 4 is 55.2 Å². The first-order valence-electron chi connectivity index (χ1n) is 16.3. The van der Waals surface area contributed by atoms with Crippen molar-refractivity contribution in [3.8, 4) is 28.5 Å². The van der Waals surface area contributed by atoms with Crippen molar-refractivity contribution in [2.45, 2.75) is 12.8 Å². The summed E-state index contributed by atoms with van der Waals surface area (Å²) >= 11 is 0. The molecule has 6 aromatic carbocycles. The van der Waals surface area contributed by atoms with Gasteiger partial charge < -0.3 is 8.98 Å². The van der Waals surface area contributed by atoms with Crippen molar-refractivity contribution in [1.82, 2.24) is 19.5 Å². The number of aryl methyl sites for hydroxylation is 1. The Kier molecular flexibility index (Phi) is 5.93. The van der Waals surface area contributed by atoms with Gasteiger partial charge in [0.2, 0.25) is 0 Å². The van der Waals surface area contributed by atoms with Crippen LogP contribution in [0.25, 0.3) is 83.7 Å². The summed E-state index contributed by atoms with van der Waals surface area (Å²) in [6, 6.07) is 48.8. The van der Waals surface area contributed by atoms with Gasteiger partial charge in [0.1, 0.15) is 11.3 Å². The van der Waals surface area contributed by atoms with Crippen molar-refractivity contribution in [2.75, 3.05) is 0 Å². The van der Waals surface area contributed by atoms with Crippen LogP contribution in [0.4, 0.5) is 0 Å². The fourth-order valence-electron chi connectivity index (χ4n) is 7.19. The van der Waals surface area contributed by atoms with Gasteiger partial charge in [-0.3, -0.25) is 0 Å². The van der Waals surface area contributed by atoms with Crippen LogP contribution in [0.3, 0.4) is 0 Å². The van der Waals surface area contributed by atoms with Crippen LogP contribution in [0.1, 0.15) is 23.6 Å². The van der Waals surface area contributed by atoms with Crippen LogP contribution in [0, 0.1) is 0 Å². The summed E-state index contributed by atoms with van der Waals surface area (Å²) in [6.07, 6.45) is 3.81. The summed E-state index contributed by atoms with van der Waals surface area (Å²) in [6.45, 7) is 0. The van der Waals surface area contributed by atoms with E-state index in [4.69, 9.17) is 19.4 Å². The second-order valence-corrected chi connectivity index (χ2v) is 12.4. The molecular formula is C43H28N4O. The number of allylic oxidation sites excluding steroid dienone is 1. The topological polar surface area (TPSA) is 56.7 Å². The molecule has 1 aliphatic carbocycles. The van der Waals surface area contributed by atoms with Crippen molar-refractivity contribution in [3.63, 3.8) is 0 Å². The molecule has 0 unspecified atom stereocenters. The molecule has 0 N–H and O–H groups in total. The van der Waals surface area contributed by atoms with E-state index in [1.54, 1.807) is 0 Å².